The lowest BCUT2D eigenvalue weighted by Gasteiger charge is -2.21. The Morgan fingerprint density at radius 2 is 1.75 bits per heavy atom. The second kappa shape index (κ2) is 9.17. The Bertz CT molecular complexity index is 1190. The minimum atomic E-state index is -4.00. The lowest BCUT2D eigenvalue weighted by Crippen LogP contribution is -2.40. The first-order chi connectivity index (χ1) is 14.5. The first-order valence-corrected chi connectivity index (χ1v) is 11.7. The summed E-state index contributed by atoms with van der Waals surface area (Å²) in [5.41, 5.74) is 0.802. The van der Waals surface area contributed by atoms with Crippen LogP contribution < -0.4 is 4.72 Å². The van der Waals surface area contributed by atoms with Crippen LogP contribution in [0.4, 0.5) is 0 Å². The molecule has 1 heterocycles. The molecule has 32 heavy (non-hydrogen) atoms. The van der Waals surface area contributed by atoms with Gasteiger partial charge in [0, 0.05) is 16.8 Å². The number of Topliss-reactive ketones (excluding diaryl/α,β-unsaturated/α-hetero) is 2. The first kappa shape index (κ1) is 25.8. The summed E-state index contributed by atoms with van der Waals surface area (Å²) in [7, 11) is -4.00. The van der Waals surface area contributed by atoms with Crippen LogP contribution in [0.25, 0.3) is 0 Å². The van der Waals surface area contributed by atoms with Crippen LogP contribution in [-0.4, -0.2) is 42.6 Å². The number of benzene rings is 1. The van der Waals surface area contributed by atoms with Crippen LogP contribution in [0, 0.1) is 13.8 Å². The molecule has 1 atom stereocenters. The van der Waals surface area contributed by atoms with E-state index in [2.05, 4.69) is 9.71 Å². The number of carbonyl (C=O) groups excluding carboxylic acids is 3. The molecule has 8 nitrogen and oxygen atoms in total. The summed E-state index contributed by atoms with van der Waals surface area (Å²) >= 11 is 6.05. The molecule has 174 valence electrons. The zero-order valence-corrected chi connectivity index (χ0v) is 20.6. The zero-order chi connectivity index (χ0) is 24.6. The number of halogens is 1. The maximum Gasteiger partial charge on any atom is 0.338 e. The van der Waals surface area contributed by atoms with Gasteiger partial charge in [0.05, 0.1) is 16.3 Å². The van der Waals surface area contributed by atoms with Crippen LogP contribution in [0.5, 0.6) is 0 Å². The normalized spacial score (nSPS) is 13.0. The molecule has 0 saturated carbocycles. The number of sulfonamides is 1. The molecule has 1 aromatic heterocycles. The van der Waals surface area contributed by atoms with Crippen molar-refractivity contribution in [3.05, 3.63) is 51.3 Å². The van der Waals surface area contributed by atoms with Crippen molar-refractivity contribution in [3.8, 4) is 0 Å². The summed E-state index contributed by atoms with van der Waals surface area (Å²) in [6, 6.07) is 3.70. The van der Waals surface area contributed by atoms with E-state index in [0.29, 0.717) is 16.8 Å². The molecule has 0 aliphatic rings. The third kappa shape index (κ3) is 5.65. The maximum atomic E-state index is 12.8. The van der Waals surface area contributed by atoms with Gasteiger partial charge in [0.25, 0.3) is 0 Å². The largest absolute Gasteiger partial charge is 0.451 e. The molecule has 1 unspecified atom stereocenters. The number of hydrogen-bond acceptors (Lipinski definition) is 6. The summed E-state index contributed by atoms with van der Waals surface area (Å²) in [5, 5.41) is -0.0586. The number of hydrogen-bond donors (Lipinski definition) is 2. The van der Waals surface area contributed by atoms with Crippen LogP contribution in [0.2, 0.25) is 5.02 Å². The smallest absolute Gasteiger partial charge is 0.338 e. The van der Waals surface area contributed by atoms with Crippen molar-refractivity contribution in [2.45, 2.75) is 65.0 Å². The predicted octanol–water partition coefficient (Wildman–Crippen LogP) is 3.99. The molecule has 10 heteroatoms. The Morgan fingerprint density at radius 1 is 1.16 bits per heavy atom. The maximum absolute atomic E-state index is 12.8. The Morgan fingerprint density at radius 3 is 2.25 bits per heavy atom. The van der Waals surface area contributed by atoms with Gasteiger partial charge < -0.3 is 9.72 Å². The van der Waals surface area contributed by atoms with Gasteiger partial charge >= 0.3 is 5.97 Å². The van der Waals surface area contributed by atoms with Crippen LogP contribution in [0.15, 0.2) is 23.1 Å². The van der Waals surface area contributed by atoms with Crippen molar-refractivity contribution in [1.29, 1.82) is 0 Å². The van der Waals surface area contributed by atoms with Gasteiger partial charge in [-0.15, -0.1) is 0 Å². The number of H-pyrrole nitrogens is 1. The minimum absolute atomic E-state index is 0.0586. The van der Waals surface area contributed by atoms with Gasteiger partial charge in [-0.25, -0.2) is 17.9 Å². The summed E-state index contributed by atoms with van der Waals surface area (Å²) < 4.78 is 33.1. The quantitative estimate of drug-likeness (QED) is 0.454. The Balaban J connectivity index is 2.29. The molecule has 0 aliphatic carbocycles. The van der Waals surface area contributed by atoms with E-state index in [1.165, 1.54) is 26.0 Å². The summed E-state index contributed by atoms with van der Waals surface area (Å²) in [6.07, 6.45) is -1.18. The van der Waals surface area contributed by atoms with Crippen molar-refractivity contribution < 1.29 is 27.5 Å². The van der Waals surface area contributed by atoms with E-state index >= 15 is 0 Å². The number of esters is 1. The molecular weight excluding hydrogens is 456 g/mol. The zero-order valence-electron chi connectivity index (χ0n) is 19.0. The van der Waals surface area contributed by atoms with Crippen molar-refractivity contribution in [2.75, 3.05) is 0 Å². The molecule has 2 N–H and O–H groups in total. The van der Waals surface area contributed by atoms with E-state index in [4.69, 9.17) is 16.3 Å². The molecule has 0 bridgehead atoms. The molecule has 0 aliphatic heterocycles. The number of aryl methyl sites for hydroxylation is 1. The summed E-state index contributed by atoms with van der Waals surface area (Å²) in [4.78, 5) is 39.9. The summed E-state index contributed by atoms with van der Waals surface area (Å²) in [5.74, 6) is -1.58. The molecule has 0 amide bonds. The standard InChI is InChI=1S/C22H27ClN2O6S/c1-11-18(13(3)26)12(2)24-19(11)20(27)14(4)31-21(28)15-8-9-16(23)17(10-15)32(29,30)25-22(5,6)7/h8-10,14,24-25H,1-7H3. The highest BCUT2D eigenvalue weighted by Gasteiger charge is 2.28. The van der Waals surface area contributed by atoms with Gasteiger partial charge in [-0.2, -0.15) is 0 Å². The average Bonchev–Trinajstić information content (AvgIpc) is 2.93. The van der Waals surface area contributed by atoms with Crippen LogP contribution in [0.1, 0.15) is 77.1 Å². The Labute approximate surface area is 192 Å². The van der Waals surface area contributed by atoms with Crippen LogP contribution >= 0.6 is 11.6 Å². The van der Waals surface area contributed by atoms with E-state index < -0.39 is 33.4 Å². The third-order valence-electron chi connectivity index (χ3n) is 4.59. The fraction of sp³-hybridized carbons (Fsp3) is 0.409. The average molecular weight is 483 g/mol. The van der Waals surface area contributed by atoms with Gasteiger partial charge in [0.2, 0.25) is 15.8 Å². The van der Waals surface area contributed by atoms with Crippen molar-refractivity contribution in [2.24, 2.45) is 0 Å². The number of ketones is 2. The first-order valence-electron chi connectivity index (χ1n) is 9.84. The topological polar surface area (TPSA) is 122 Å². The van der Waals surface area contributed by atoms with E-state index in [9.17, 15) is 22.8 Å². The van der Waals surface area contributed by atoms with Crippen molar-refractivity contribution >= 4 is 39.2 Å². The molecule has 0 radical (unpaired) electrons. The van der Waals surface area contributed by atoms with E-state index in [1.54, 1.807) is 34.6 Å². The number of rotatable bonds is 7. The van der Waals surface area contributed by atoms with E-state index in [-0.39, 0.29) is 27.0 Å². The number of ether oxygens (including phenoxy) is 1. The highest BCUT2D eigenvalue weighted by Crippen LogP contribution is 2.25. The van der Waals surface area contributed by atoms with Gasteiger partial charge in [-0.1, -0.05) is 11.6 Å². The number of aromatic nitrogens is 1. The number of carbonyl (C=O) groups is 3. The Kier molecular flexibility index (Phi) is 7.38. The fourth-order valence-corrected chi connectivity index (χ4v) is 5.25. The molecular formula is C22H27ClN2O6S. The molecule has 1 aromatic carbocycles. The predicted molar refractivity (Wildman–Crippen MR) is 121 cm³/mol. The van der Waals surface area contributed by atoms with Crippen LogP contribution in [0.3, 0.4) is 0 Å². The van der Waals surface area contributed by atoms with Crippen molar-refractivity contribution in [3.63, 3.8) is 0 Å². The summed E-state index contributed by atoms with van der Waals surface area (Å²) in [6.45, 7) is 11.1. The molecule has 0 fully saturated rings. The molecule has 0 saturated heterocycles. The van der Waals surface area contributed by atoms with Gasteiger partial charge in [-0.3, -0.25) is 9.59 Å². The van der Waals surface area contributed by atoms with E-state index in [1.807, 2.05) is 0 Å². The fourth-order valence-electron chi connectivity index (χ4n) is 3.30. The van der Waals surface area contributed by atoms with Crippen LogP contribution in [-0.2, 0) is 14.8 Å². The Hall–Kier alpha value is -2.49. The second-order valence-corrected chi connectivity index (χ2v) is 10.7. The van der Waals surface area contributed by atoms with Crippen molar-refractivity contribution in [1.82, 2.24) is 9.71 Å². The molecule has 2 rings (SSSR count). The van der Waals surface area contributed by atoms with Gasteiger partial charge in [0.1, 0.15) is 4.90 Å². The minimum Gasteiger partial charge on any atom is -0.451 e. The molecule has 0 spiro atoms. The molecule has 2 aromatic rings. The lowest BCUT2D eigenvalue weighted by molar-refractivity contribution is 0.0316. The van der Waals surface area contributed by atoms with Gasteiger partial charge in [-0.05, 0) is 72.2 Å². The lowest BCUT2D eigenvalue weighted by atomic mass is 10.0. The second-order valence-electron chi connectivity index (χ2n) is 8.59. The van der Waals surface area contributed by atoms with E-state index in [0.717, 1.165) is 6.07 Å². The highest BCUT2D eigenvalue weighted by atomic mass is 35.5. The number of aromatic amines is 1. The monoisotopic (exact) mass is 482 g/mol. The number of nitrogens with one attached hydrogen (secondary N) is 2. The highest BCUT2D eigenvalue weighted by molar-refractivity contribution is 7.89. The SMILES string of the molecule is CC(=O)c1c(C)[nH]c(C(=O)C(C)OC(=O)c2ccc(Cl)c(S(=O)(=O)NC(C)(C)C)c2)c1C. The van der Waals surface area contributed by atoms with Gasteiger partial charge in [0.15, 0.2) is 11.9 Å². The third-order valence-corrected chi connectivity index (χ3v) is 6.83.